The molecule has 0 aliphatic carbocycles. The van der Waals surface area contributed by atoms with Gasteiger partial charge in [0.1, 0.15) is 0 Å². The number of nitro benzene ring substituents is 1. The monoisotopic (exact) mass is 453 g/mol. The summed E-state index contributed by atoms with van der Waals surface area (Å²) in [6.45, 7) is 0. The highest BCUT2D eigenvalue weighted by Gasteiger charge is 2.16. The van der Waals surface area contributed by atoms with Crippen molar-refractivity contribution in [2.24, 2.45) is 0 Å². The highest BCUT2D eigenvalue weighted by atomic mass is 127. The number of hydrogen-bond donors (Lipinski definition) is 1. The van der Waals surface area contributed by atoms with E-state index in [1.807, 2.05) is 22.6 Å². The molecule has 1 aromatic heterocycles. The Balaban J connectivity index is 2.27. The van der Waals surface area contributed by atoms with E-state index in [0.29, 0.717) is 8.70 Å². The number of halogens is 2. The number of carbonyl (C=O) groups is 1. The largest absolute Gasteiger partial charge is 0.298 e. The standard InChI is InChI=1S/C10H5BrIN3O3S/c11-8-4-13-10(19-8)14-9(16)6-3-5(15(17)18)1-2-7(6)12/h1-4H,(H,13,14,16). The van der Waals surface area contributed by atoms with E-state index in [4.69, 9.17) is 0 Å². The molecule has 1 N–H and O–H groups in total. The Morgan fingerprint density at radius 2 is 2.26 bits per heavy atom. The molecule has 2 rings (SSSR count). The fourth-order valence-electron chi connectivity index (χ4n) is 1.28. The van der Waals surface area contributed by atoms with Crippen LogP contribution in [0.5, 0.6) is 0 Å². The van der Waals surface area contributed by atoms with Crippen LogP contribution < -0.4 is 5.32 Å². The van der Waals surface area contributed by atoms with Crippen LogP contribution in [0.4, 0.5) is 10.8 Å². The smallest absolute Gasteiger partial charge is 0.270 e. The molecule has 19 heavy (non-hydrogen) atoms. The zero-order valence-electron chi connectivity index (χ0n) is 9.09. The van der Waals surface area contributed by atoms with Crippen LogP contribution >= 0.6 is 49.9 Å². The normalized spacial score (nSPS) is 10.2. The number of thiazole rings is 1. The van der Waals surface area contributed by atoms with Gasteiger partial charge in [-0.05, 0) is 44.6 Å². The molecule has 0 spiro atoms. The van der Waals surface area contributed by atoms with Crippen molar-refractivity contribution in [3.8, 4) is 0 Å². The highest BCUT2D eigenvalue weighted by molar-refractivity contribution is 14.1. The van der Waals surface area contributed by atoms with Crippen LogP contribution in [0.3, 0.4) is 0 Å². The Morgan fingerprint density at radius 1 is 1.53 bits per heavy atom. The lowest BCUT2D eigenvalue weighted by Crippen LogP contribution is -2.13. The maximum absolute atomic E-state index is 12.0. The van der Waals surface area contributed by atoms with Crippen molar-refractivity contribution < 1.29 is 9.72 Å². The molecule has 2 aromatic rings. The van der Waals surface area contributed by atoms with Crippen molar-refractivity contribution >= 4 is 66.6 Å². The van der Waals surface area contributed by atoms with E-state index in [-0.39, 0.29) is 11.3 Å². The van der Waals surface area contributed by atoms with Crippen molar-refractivity contribution in [1.82, 2.24) is 4.98 Å². The van der Waals surface area contributed by atoms with Gasteiger partial charge in [0.25, 0.3) is 11.6 Å². The van der Waals surface area contributed by atoms with Gasteiger partial charge in [-0.2, -0.15) is 0 Å². The zero-order chi connectivity index (χ0) is 14.0. The predicted molar refractivity (Wildman–Crippen MR) is 83.6 cm³/mol. The van der Waals surface area contributed by atoms with E-state index in [1.165, 1.54) is 29.5 Å². The molecule has 0 bridgehead atoms. The minimum Gasteiger partial charge on any atom is -0.298 e. The summed E-state index contributed by atoms with van der Waals surface area (Å²) in [6, 6.07) is 4.14. The second-order valence-electron chi connectivity index (χ2n) is 3.34. The van der Waals surface area contributed by atoms with Crippen LogP contribution in [0.25, 0.3) is 0 Å². The summed E-state index contributed by atoms with van der Waals surface area (Å²) in [5, 5.41) is 13.7. The minimum atomic E-state index is -0.535. The lowest BCUT2D eigenvalue weighted by atomic mass is 10.2. The number of nitrogens with zero attached hydrogens (tertiary/aromatic N) is 2. The fraction of sp³-hybridized carbons (Fsp3) is 0. The number of nitro groups is 1. The van der Waals surface area contributed by atoms with Crippen LogP contribution in [0.2, 0.25) is 0 Å². The molecule has 0 saturated heterocycles. The lowest BCUT2D eigenvalue weighted by Gasteiger charge is -2.04. The first kappa shape index (κ1) is 14.3. The molecule has 1 amide bonds. The van der Waals surface area contributed by atoms with Crippen molar-refractivity contribution in [2.75, 3.05) is 5.32 Å². The van der Waals surface area contributed by atoms with E-state index >= 15 is 0 Å². The summed E-state index contributed by atoms with van der Waals surface area (Å²) < 4.78 is 1.42. The number of aromatic nitrogens is 1. The van der Waals surface area contributed by atoms with E-state index in [2.05, 4.69) is 26.2 Å². The Hall–Kier alpha value is -1.07. The number of benzene rings is 1. The third kappa shape index (κ3) is 3.48. The molecule has 0 atom stereocenters. The number of anilines is 1. The number of hydrogen-bond acceptors (Lipinski definition) is 5. The predicted octanol–water partition coefficient (Wildman–Crippen LogP) is 3.67. The van der Waals surface area contributed by atoms with Gasteiger partial charge in [-0.15, -0.1) is 0 Å². The van der Waals surface area contributed by atoms with Gasteiger partial charge < -0.3 is 0 Å². The average Bonchev–Trinajstić information content (AvgIpc) is 2.74. The first-order chi connectivity index (χ1) is 8.97. The van der Waals surface area contributed by atoms with Gasteiger partial charge in [-0.1, -0.05) is 11.3 Å². The van der Waals surface area contributed by atoms with Gasteiger partial charge in [0.05, 0.1) is 20.5 Å². The van der Waals surface area contributed by atoms with Gasteiger partial charge in [-0.3, -0.25) is 20.2 Å². The lowest BCUT2D eigenvalue weighted by molar-refractivity contribution is -0.384. The van der Waals surface area contributed by atoms with Gasteiger partial charge in [0.2, 0.25) is 0 Å². The van der Waals surface area contributed by atoms with Crippen LogP contribution in [0.1, 0.15) is 10.4 Å². The summed E-state index contributed by atoms with van der Waals surface area (Å²) in [6.07, 6.45) is 1.57. The van der Waals surface area contributed by atoms with Crippen LogP contribution in [-0.2, 0) is 0 Å². The molecule has 0 unspecified atom stereocenters. The number of non-ortho nitro benzene ring substituents is 1. The van der Waals surface area contributed by atoms with E-state index in [9.17, 15) is 14.9 Å². The summed E-state index contributed by atoms with van der Waals surface area (Å²) >= 11 is 6.46. The van der Waals surface area contributed by atoms with Gasteiger partial charge in [0.15, 0.2) is 5.13 Å². The molecule has 0 fully saturated rings. The second-order valence-corrected chi connectivity index (χ2v) is 6.92. The molecule has 0 aliphatic rings. The summed E-state index contributed by atoms with van der Waals surface area (Å²) in [5.74, 6) is -0.421. The van der Waals surface area contributed by atoms with E-state index in [1.54, 1.807) is 6.20 Å². The number of nitrogens with one attached hydrogen (secondary N) is 1. The van der Waals surface area contributed by atoms with Crippen molar-refractivity contribution in [3.63, 3.8) is 0 Å². The van der Waals surface area contributed by atoms with E-state index in [0.717, 1.165) is 3.79 Å². The molecule has 6 nitrogen and oxygen atoms in total. The SMILES string of the molecule is O=C(Nc1ncc(Br)s1)c1cc([N+](=O)[O-])ccc1I. The first-order valence-corrected chi connectivity index (χ1v) is 7.53. The number of amides is 1. The Bertz CT molecular complexity index is 661. The third-order valence-electron chi connectivity index (χ3n) is 2.10. The van der Waals surface area contributed by atoms with Crippen molar-refractivity contribution in [1.29, 1.82) is 0 Å². The maximum atomic E-state index is 12.0. The van der Waals surface area contributed by atoms with E-state index < -0.39 is 10.8 Å². The molecule has 1 aromatic carbocycles. The molecule has 0 saturated carbocycles. The maximum Gasteiger partial charge on any atom is 0.270 e. The second kappa shape index (κ2) is 5.92. The van der Waals surface area contributed by atoms with Gasteiger partial charge >= 0.3 is 0 Å². The fourth-order valence-corrected chi connectivity index (χ4v) is 2.96. The summed E-state index contributed by atoms with van der Waals surface area (Å²) in [4.78, 5) is 26.2. The van der Waals surface area contributed by atoms with Crippen LogP contribution in [0.15, 0.2) is 28.2 Å². The molecular weight excluding hydrogens is 449 g/mol. The minimum absolute atomic E-state index is 0.120. The quantitative estimate of drug-likeness (QED) is 0.436. The van der Waals surface area contributed by atoms with Crippen LogP contribution in [-0.4, -0.2) is 15.8 Å². The Labute approximate surface area is 133 Å². The Morgan fingerprint density at radius 3 is 2.84 bits per heavy atom. The Kier molecular flexibility index (Phi) is 4.47. The summed E-state index contributed by atoms with van der Waals surface area (Å²) in [7, 11) is 0. The summed E-state index contributed by atoms with van der Waals surface area (Å²) in [5.41, 5.74) is 0.131. The third-order valence-corrected chi connectivity index (χ3v) is 4.44. The molecule has 9 heteroatoms. The van der Waals surface area contributed by atoms with Crippen molar-refractivity contribution in [2.45, 2.75) is 0 Å². The van der Waals surface area contributed by atoms with Crippen molar-refractivity contribution in [3.05, 3.63) is 47.4 Å². The zero-order valence-corrected chi connectivity index (χ0v) is 13.7. The number of carbonyl (C=O) groups excluding carboxylic acids is 1. The number of rotatable bonds is 3. The molecule has 0 aliphatic heterocycles. The highest BCUT2D eigenvalue weighted by Crippen LogP contribution is 2.25. The van der Waals surface area contributed by atoms with Gasteiger partial charge in [0, 0.05) is 15.7 Å². The topological polar surface area (TPSA) is 85.1 Å². The molecule has 1 heterocycles. The average molecular weight is 454 g/mol. The van der Waals surface area contributed by atoms with Gasteiger partial charge in [-0.25, -0.2) is 4.98 Å². The van der Waals surface area contributed by atoms with Crippen LogP contribution in [0, 0.1) is 13.7 Å². The molecule has 98 valence electrons. The first-order valence-electron chi connectivity index (χ1n) is 4.84. The molecular formula is C10H5BrIN3O3S. The molecule has 0 radical (unpaired) electrons.